The Morgan fingerprint density at radius 2 is 1.83 bits per heavy atom. The normalized spacial score (nSPS) is 15.2. The lowest BCUT2D eigenvalue weighted by Gasteiger charge is -1.98. The lowest BCUT2D eigenvalue weighted by molar-refractivity contribution is 0.659. The fourth-order valence-electron chi connectivity index (χ4n) is 0.802. The molecule has 0 fully saturated rings. The molecule has 0 amide bonds. The number of halogens is 1. The Hall–Kier alpha value is -0.850. The number of hydrogen-bond acceptors (Lipinski definition) is 0. The molecule has 0 atom stereocenters. The van der Waals surface area contributed by atoms with Gasteiger partial charge in [0, 0.05) is 0 Å². The fraction of sp³-hybridized carbons (Fsp3) is 0.455. The van der Waals surface area contributed by atoms with Gasteiger partial charge in [-0.3, -0.25) is 0 Å². The van der Waals surface area contributed by atoms with E-state index in [1.54, 1.807) is 12.2 Å². The Bertz CT molecular complexity index is 219. The highest BCUT2D eigenvalue weighted by Gasteiger charge is 1.93. The molecule has 0 spiro atoms. The second-order valence-electron chi connectivity index (χ2n) is 2.80. The molecule has 0 saturated heterocycles. The average Bonchev–Trinajstić information content (AvgIpc) is 2.03. The first-order valence-corrected chi connectivity index (χ1v) is 4.29. The minimum atomic E-state index is -0.142. The average molecular weight is 168 g/mol. The third-order valence-corrected chi connectivity index (χ3v) is 1.81. The number of allylic oxidation sites excluding steroid dienone is 6. The van der Waals surface area contributed by atoms with Crippen molar-refractivity contribution in [3.8, 4) is 0 Å². The summed E-state index contributed by atoms with van der Waals surface area (Å²) < 4.78 is 12.9. The van der Waals surface area contributed by atoms with Gasteiger partial charge in [-0.15, -0.1) is 0 Å². The van der Waals surface area contributed by atoms with Crippen LogP contribution >= 0.6 is 0 Å². The van der Waals surface area contributed by atoms with Gasteiger partial charge in [0.2, 0.25) is 0 Å². The molecule has 0 aromatic heterocycles. The van der Waals surface area contributed by atoms with Gasteiger partial charge in [-0.05, 0) is 44.9 Å². The van der Waals surface area contributed by atoms with Crippen molar-refractivity contribution in [3.63, 3.8) is 0 Å². The second-order valence-corrected chi connectivity index (χ2v) is 2.80. The molecule has 1 heteroatoms. The minimum absolute atomic E-state index is 0.142. The summed E-state index contributed by atoms with van der Waals surface area (Å²) in [6.07, 6.45) is 5.86. The van der Waals surface area contributed by atoms with E-state index in [9.17, 15) is 4.39 Å². The SMILES string of the molecule is C\C=C(C)/C(C)=C\C(F)=C\CC. The van der Waals surface area contributed by atoms with Crippen LogP contribution in [0.2, 0.25) is 0 Å². The van der Waals surface area contributed by atoms with Gasteiger partial charge in [0.05, 0.1) is 0 Å². The zero-order valence-electron chi connectivity index (χ0n) is 8.32. The third-order valence-electron chi connectivity index (χ3n) is 1.81. The summed E-state index contributed by atoms with van der Waals surface area (Å²) in [6, 6.07) is 0. The van der Waals surface area contributed by atoms with Crippen molar-refractivity contribution in [2.75, 3.05) is 0 Å². The van der Waals surface area contributed by atoms with E-state index < -0.39 is 0 Å². The van der Waals surface area contributed by atoms with Crippen molar-refractivity contribution >= 4 is 0 Å². The first kappa shape index (κ1) is 11.2. The Morgan fingerprint density at radius 1 is 1.25 bits per heavy atom. The second kappa shape index (κ2) is 5.76. The lowest BCUT2D eigenvalue weighted by Crippen LogP contribution is -1.79. The van der Waals surface area contributed by atoms with E-state index >= 15 is 0 Å². The third kappa shape index (κ3) is 4.12. The molecule has 0 bridgehead atoms. The summed E-state index contributed by atoms with van der Waals surface area (Å²) in [6.45, 7) is 7.77. The maximum atomic E-state index is 12.9. The number of hydrogen-bond donors (Lipinski definition) is 0. The molecule has 0 aromatic carbocycles. The van der Waals surface area contributed by atoms with Crippen LogP contribution in [0.5, 0.6) is 0 Å². The van der Waals surface area contributed by atoms with E-state index in [0.29, 0.717) is 0 Å². The molecule has 0 nitrogen and oxygen atoms in total. The molecule has 12 heavy (non-hydrogen) atoms. The molecule has 0 aliphatic rings. The molecule has 0 heterocycles. The molecule has 0 unspecified atom stereocenters. The van der Waals surface area contributed by atoms with Crippen molar-refractivity contribution in [2.45, 2.75) is 34.1 Å². The van der Waals surface area contributed by atoms with E-state index in [1.807, 2.05) is 33.8 Å². The van der Waals surface area contributed by atoms with Gasteiger partial charge in [-0.2, -0.15) is 0 Å². The molecular weight excluding hydrogens is 151 g/mol. The van der Waals surface area contributed by atoms with Crippen molar-refractivity contribution in [1.82, 2.24) is 0 Å². The Morgan fingerprint density at radius 3 is 2.25 bits per heavy atom. The first-order valence-electron chi connectivity index (χ1n) is 4.29. The van der Waals surface area contributed by atoms with Crippen LogP contribution < -0.4 is 0 Å². The monoisotopic (exact) mass is 168 g/mol. The van der Waals surface area contributed by atoms with Gasteiger partial charge >= 0.3 is 0 Å². The van der Waals surface area contributed by atoms with Crippen LogP contribution in [-0.4, -0.2) is 0 Å². The summed E-state index contributed by atoms with van der Waals surface area (Å²) in [7, 11) is 0. The highest BCUT2D eigenvalue weighted by molar-refractivity contribution is 5.31. The predicted molar refractivity (Wildman–Crippen MR) is 52.7 cm³/mol. The fourth-order valence-corrected chi connectivity index (χ4v) is 0.802. The lowest BCUT2D eigenvalue weighted by atomic mass is 10.1. The van der Waals surface area contributed by atoms with Crippen LogP contribution in [0.25, 0.3) is 0 Å². The summed E-state index contributed by atoms with van der Waals surface area (Å²) in [5.41, 5.74) is 2.11. The van der Waals surface area contributed by atoms with E-state index in [2.05, 4.69) is 0 Å². The van der Waals surface area contributed by atoms with E-state index in [4.69, 9.17) is 0 Å². The van der Waals surface area contributed by atoms with Crippen LogP contribution in [0.1, 0.15) is 34.1 Å². The molecule has 0 N–H and O–H groups in total. The molecule has 0 aromatic rings. The molecule has 0 aliphatic heterocycles. The topological polar surface area (TPSA) is 0 Å². The van der Waals surface area contributed by atoms with Crippen LogP contribution in [0.4, 0.5) is 4.39 Å². The first-order chi connectivity index (χ1) is 5.61. The van der Waals surface area contributed by atoms with Crippen molar-refractivity contribution < 1.29 is 4.39 Å². The molecule has 0 rings (SSSR count). The van der Waals surface area contributed by atoms with Crippen LogP contribution in [-0.2, 0) is 0 Å². The minimum Gasteiger partial charge on any atom is -0.207 e. The zero-order valence-corrected chi connectivity index (χ0v) is 8.32. The summed E-state index contributed by atoms with van der Waals surface area (Å²) in [5, 5.41) is 0. The summed E-state index contributed by atoms with van der Waals surface area (Å²) in [4.78, 5) is 0. The maximum Gasteiger partial charge on any atom is 0.119 e. The standard InChI is InChI=1S/C11H17F/c1-5-7-11(12)8-10(4)9(3)6-2/h6-8H,5H2,1-4H3/b9-6-,10-8-,11-7-. The zero-order chi connectivity index (χ0) is 9.56. The predicted octanol–water partition coefficient (Wildman–Crippen LogP) is 4.16. The Kier molecular flexibility index (Phi) is 5.35. The van der Waals surface area contributed by atoms with Crippen molar-refractivity contribution in [1.29, 1.82) is 0 Å². The van der Waals surface area contributed by atoms with Crippen LogP contribution in [0, 0.1) is 0 Å². The Labute approximate surface area is 74.5 Å². The van der Waals surface area contributed by atoms with Gasteiger partial charge in [-0.25, -0.2) is 4.39 Å². The van der Waals surface area contributed by atoms with Crippen LogP contribution in [0.3, 0.4) is 0 Å². The molecule has 68 valence electrons. The highest BCUT2D eigenvalue weighted by atomic mass is 19.1. The smallest absolute Gasteiger partial charge is 0.119 e. The largest absolute Gasteiger partial charge is 0.207 e. The van der Waals surface area contributed by atoms with E-state index in [0.717, 1.165) is 17.6 Å². The highest BCUT2D eigenvalue weighted by Crippen LogP contribution is 2.12. The van der Waals surface area contributed by atoms with E-state index in [-0.39, 0.29) is 5.83 Å². The Balaban J connectivity index is 4.46. The quantitative estimate of drug-likeness (QED) is 0.555. The molecule has 0 saturated carbocycles. The summed E-state index contributed by atoms with van der Waals surface area (Å²) in [5.74, 6) is -0.142. The summed E-state index contributed by atoms with van der Waals surface area (Å²) >= 11 is 0. The maximum absolute atomic E-state index is 12.9. The van der Waals surface area contributed by atoms with Crippen LogP contribution in [0.15, 0.2) is 35.2 Å². The van der Waals surface area contributed by atoms with E-state index in [1.165, 1.54) is 0 Å². The van der Waals surface area contributed by atoms with Crippen molar-refractivity contribution in [2.24, 2.45) is 0 Å². The van der Waals surface area contributed by atoms with Gasteiger partial charge in [0.25, 0.3) is 0 Å². The molecule has 0 aliphatic carbocycles. The van der Waals surface area contributed by atoms with Gasteiger partial charge < -0.3 is 0 Å². The van der Waals surface area contributed by atoms with Gasteiger partial charge in [-0.1, -0.05) is 18.6 Å². The molecule has 0 radical (unpaired) electrons. The van der Waals surface area contributed by atoms with Gasteiger partial charge in [0.1, 0.15) is 5.83 Å². The molecular formula is C11H17F. The van der Waals surface area contributed by atoms with Gasteiger partial charge in [0.15, 0.2) is 0 Å². The number of rotatable bonds is 3. The van der Waals surface area contributed by atoms with Crippen molar-refractivity contribution in [3.05, 3.63) is 35.2 Å².